The molecule has 0 unspecified atom stereocenters. The Morgan fingerprint density at radius 1 is 1.15 bits per heavy atom. The molecule has 4 aromatic rings. The van der Waals surface area contributed by atoms with Gasteiger partial charge in [-0.3, -0.25) is 4.90 Å². The zero-order valence-electron chi connectivity index (χ0n) is 18.8. The molecule has 0 aliphatic carbocycles. The average molecular weight is 503 g/mol. The van der Waals surface area contributed by atoms with Crippen molar-refractivity contribution in [2.75, 3.05) is 38.0 Å². The molecule has 8 nitrogen and oxygen atoms in total. The van der Waals surface area contributed by atoms with Gasteiger partial charge in [-0.2, -0.15) is 4.31 Å². The summed E-state index contributed by atoms with van der Waals surface area (Å²) in [4.78, 5) is 15.9. The van der Waals surface area contributed by atoms with Crippen molar-refractivity contribution in [1.82, 2.24) is 24.2 Å². The topological polar surface area (TPSA) is 91.3 Å². The summed E-state index contributed by atoms with van der Waals surface area (Å²) < 4.78 is 30.0. The molecule has 0 saturated carbocycles. The highest BCUT2D eigenvalue weighted by Crippen LogP contribution is 2.29. The number of fused-ring (bicyclic) bond motifs is 2. The summed E-state index contributed by atoms with van der Waals surface area (Å²) in [5.41, 5.74) is 3.01. The summed E-state index contributed by atoms with van der Waals surface area (Å²) in [7, 11) is -3.51. The van der Waals surface area contributed by atoms with Crippen LogP contribution in [0.3, 0.4) is 0 Å². The van der Waals surface area contributed by atoms with Crippen molar-refractivity contribution < 1.29 is 8.42 Å². The van der Waals surface area contributed by atoms with Gasteiger partial charge in [0, 0.05) is 38.8 Å². The lowest BCUT2D eigenvalue weighted by molar-refractivity contribution is 0.184. The first kappa shape index (κ1) is 22.6. The largest absolute Gasteiger partial charge is 0.365 e. The molecule has 1 aliphatic heterocycles. The number of hydrogen-bond acceptors (Lipinski definition) is 9. The fourth-order valence-corrected chi connectivity index (χ4v) is 7.57. The van der Waals surface area contributed by atoms with Crippen LogP contribution in [0.15, 0.2) is 34.8 Å². The molecule has 3 aromatic heterocycles. The number of benzene rings is 1. The van der Waals surface area contributed by atoms with E-state index in [1.807, 2.05) is 6.92 Å². The highest BCUT2D eigenvalue weighted by atomic mass is 32.2. The number of aromatic nitrogens is 3. The van der Waals surface area contributed by atoms with E-state index >= 15 is 0 Å². The normalized spacial score (nSPS) is 17.1. The Labute approximate surface area is 201 Å². The lowest BCUT2D eigenvalue weighted by atomic mass is 10.2. The van der Waals surface area contributed by atoms with Crippen LogP contribution < -0.4 is 5.32 Å². The van der Waals surface area contributed by atoms with E-state index in [9.17, 15) is 8.42 Å². The molecule has 11 heteroatoms. The van der Waals surface area contributed by atoms with E-state index in [0.717, 1.165) is 43.4 Å². The predicted octanol–water partition coefficient (Wildman–Crippen LogP) is 3.72. The van der Waals surface area contributed by atoms with Crippen LogP contribution in [0.2, 0.25) is 0 Å². The molecule has 1 aromatic carbocycles. The fraction of sp³-hybridized carbons (Fsp3) is 0.409. The number of nitrogens with one attached hydrogen (secondary N) is 1. The number of aryl methyl sites for hydroxylation is 2. The third-order valence-corrected chi connectivity index (χ3v) is 9.80. The van der Waals surface area contributed by atoms with Crippen molar-refractivity contribution >= 4 is 58.9 Å². The molecule has 1 saturated heterocycles. The number of rotatable bonds is 6. The van der Waals surface area contributed by atoms with Crippen LogP contribution >= 0.6 is 22.7 Å². The molecule has 1 N–H and O–H groups in total. The van der Waals surface area contributed by atoms with E-state index in [-0.39, 0.29) is 6.04 Å². The Kier molecular flexibility index (Phi) is 6.08. The summed E-state index contributed by atoms with van der Waals surface area (Å²) in [5.74, 6) is 0.862. The minimum absolute atomic E-state index is 0.172. The van der Waals surface area contributed by atoms with Gasteiger partial charge in [0.25, 0.3) is 0 Å². The van der Waals surface area contributed by atoms with Gasteiger partial charge < -0.3 is 5.32 Å². The third-order valence-electron chi connectivity index (χ3n) is 5.88. The second-order valence-electron chi connectivity index (χ2n) is 8.43. The molecular formula is C22H26N6O2S3. The fourth-order valence-electron chi connectivity index (χ4n) is 4.22. The van der Waals surface area contributed by atoms with Crippen LogP contribution in [-0.2, 0) is 10.0 Å². The van der Waals surface area contributed by atoms with E-state index in [1.165, 1.54) is 11.3 Å². The maximum absolute atomic E-state index is 13.2. The minimum atomic E-state index is -3.51. The molecule has 33 heavy (non-hydrogen) atoms. The van der Waals surface area contributed by atoms with Gasteiger partial charge in [0.05, 0.1) is 30.3 Å². The van der Waals surface area contributed by atoms with Gasteiger partial charge in [0.2, 0.25) is 10.0 Å². The van der Waals surface area contributed by atoms with E-state index < -0.39 is 10.0 Å². The Hall–Kier alpha value is -2.18. The maximum atomic E-state index is 13.2. The Bertz CT molecular complexity index is 1410. The number of nitrogens with zero attached hydrogens (tertiary/aromatic N) is 5. The van der Waals surface area contributed by atoms with Crippen LogP contribution in [0.1, 0.15) is 17.5 Å². The van der Waals surface area contributed by atoms with Crippen LogP contribution in [0, 0.1) is 13.8 Å². The van der Waals surface area contributed by atoms with Gasteiger partial charge >= 0.3 is 0 Å². The summed E-state index contributed by atoms with van der Waals surface area (Å²) >= 11 is 3.18. The molecule has 0 spiro atoms. The SMILES string of the molecule is Cc1nc2ccc(S(=O)(=O)N3CCN(C[C@H](C)Nc4ncnc5c(C)csc45)CC3)cc2s1. The molecule has 1 aliphatic rings. The third kappa shape index (κ3) is 4.47. The van der Waals surface area contributed by atoms with E-state index in [1.54, 1.807) is 40.2 Å². The zero-order valence-corrected chi connectivity index (χ0v) is 21.2. The maximum Gasteiger partial charge on any atom is 0.243 e. The van der Waals surface area contributed by atoms with Crippen molar-refractivity contribution in [3.8, 4) is 0 Å². The van der Waals surface area contributed by atoms with Crippen LogP contribution in [-0.4, -0.2) is 71.3 Å². The van der Waals surface area contributed by atoms with E-state index in [4.69, 9.17) is 0 Å². The quantitative estimate of drug-likeness (QED) is 0.430. The highest BCUT2D eigenvalue weighted by molar-refractivity contribution is 7.89. The van der Waals surface area contributed by atoms with Crippen molar-refractivity contribution in [2.45, 2.75) is 31.7 Å². The molecule has 0 radical (unpaired) electrons. The number of hydrogen-bond donors (Lipinski definition) is 1. The molecule has 174 valence electrons. The Morgan fingerprint density at radius 2 is 1.94 bits per heavy atom. The van der Waals surface area contributed by atoms with Crippen molar-refractivity contribution in [3.05, 3.63) is 40.5 Å². The second-order valence-corrected chi connectivity index (χ2v) is 12.5. The molecular weight excluding hydrogens is 476 g/mol. The Balaban J connectivity index is 1.21. The Morgan fingerprint density at radius 3 is 2.73 bits per heavy atom. The van der Waals surface area contributed by atoms with Crippen molar-refractivity contribution in [1.29, 1.82) is 0 Å². The molecule has 1 fully saturated rings. The first-order valence-electron chi connectivity index (χ1n) is 10.9. The molecule has 5 rings (SSSR count). The van der Waals surface area contributed by atoms with Gasteiger partial charge in [-0.05, 0) is 49.9 Å². The highest BCUT2D eigenvalue weighted by Gasteiger charge is 2.29. The first-order chi connectivity index (χ1) is 15.8. The summed E-state index contributed by atoms with van der Waals surface area (Å²) in [6, 6.07) is 5.39. The summed E-state index contributed by atoms with van der Waals surface area (Å²) in [5, 5.41) is 6.55. The summed E-state index contributed by atoms with van der Waals surface area (Å²) in [6.45, 7) is 9.30. The van der Waals surface area contributed by atoms with Gasteiger partial charge in [0.1, 0.15) is 12.1 Å². The number of anilines is 1. The van der Waals surface area contributed by atoms with E-state index in [2.05, 4.69) is 44.4 Å². The van der Waals surface area contributed by atoms with Crippen molar-refractivity contribution in [2.24, 2.45) is 0 Å². The summed E-state index contributed by atoms with van der Waals surface area (Å²) in [6.07, 6.45) is 1.60. The molecule has 0 amide bonds. The standard InChI is InChI=1S/C22H26N6O2S3/c1-14-12-31-21-20(14)23-13-24-22(21)25-15(2)11-27-6-8-28(9-7-27)33(29,30)17-4-5-18-19(10-17)32-16(3)26-18/h4-5,10,12-13,15H,6-9,11H2,1-3H3,(H,23,24,25)/t15-/m0/s1. The number of thiophene rings is 1. The van der Waals surface area contributed by atoms with Crippen LogP contribution in [0.4, 0.5) is 5.82 Å². The number of piperazine rings is 1. The second kappa shape index (κ2) is 8.88. The van der Waals surface area contributed by atoms with Gasteiger partial charge in [-0.15, -0.1) is 22.7 Å². The lowest BCUT2D eigenvalue weighted by Crippen LogP contribution is -2.50. The minimum Gasteiger partial charge on any atom is -0.365 e. The van der Waals surface area contributed by atoms with E-state index in [0.29, 0.717) is 31.1 Å². The number of sulfonamides is 1. The number of thiazole rings is 1. The monoisotopic (exact) mass is 502 g/mol. The van der Waals surface area contributed by atoms with Crippen LogP contribution in [0.25, 0.3) is 20.4 Å². The molecule has 4 heterocycles. The van der Waals surface area contributed by atoms with Gasteiger partial charge in [-0.1, -0.05) is 0 Å². The smallest absolute Gasteiger partial charge is 0.243 e. The lowest BCUT2D eigenvalue weighted by Gasteiger charge is -2.35. The molecule has 1 atom stereocenters. The van der Waals surface area contributed by atoms with Crippen molar-refractivity contribution in [3.63, 3.8) is 0 Å². The average Bonchev–Trinajstić information content (AvgIpc) is 3.36. The predicted molar refractivity (Wildman–Crippen MR) is 135 cm³/mol. The van der Waals surface area contributed by atoms with Crippen LogP contribution in [0.5, 0.6) is 0 Å². The van der Waals surface area contributed by atoms with Gasteiger partial charge in [0.15, 0.2) is 0 Å². The first-order valence-corrected chi connectivity index (χ1v) is 14.0. The zero-order chi connectivity index (χ0) is 23.2. The van der Waals surface area contributed by atoms with Gasteiger partial charge in [-0.25, -0.2) is 23.4 Å². The molecule has 0 bridgehead atoms.